The number of fused-ring (bicyclic) bond motifs is 1. The smallest absolute Gasteiger partial charge is 0.363 e. The first-order valence-corrected chi connectivity index (χ1v) is 7.40. The molecule has 0 aliphatic carbocycles. The summed E-state index contributed by atoms with van der Waals surface area (Å²) in [4.78, 5) is 16.2. The number of aliphatic imine (C=N–C) groups is 1. The first-order valence-electron chi connectivity index (χ1n) is 7.40. The third-order valence-corrected chi connectivity index (χ3v) is 3.67. The van der Waals surface area contributed by atoms with Crippen LogP contribution in [0, 0.1) is 5.82 Å². The quantitative estimate of drug-likeness (QED) is 0.628. The van der Waals surface area contributed by atoms with Gasteiger partial charge in [0.2, 0.25) is 5.90 Å². The summed E-state index contributed by atoms with van der Waals surface area (Å²) in [7, 11) is 0. The van der Waals surface area contributed by atoms with Crippen LogP contribution in [0.1, 0.15) is 11.1 Å². The Morgan fingerprint density at radius 1 is 1.12 bits per heavy atom. The second-order valence-corrected chi connectivity index (χ2v) is 5.39. The van der Waals surface area contributed by atoms with Crippen molar-refractivity contribution in [3.05, 3.63) is 82.8 Å². The summed E-state index contributed by atoms with van der Waals surface area (Å²) in [6.45, 7) is 0.346. The Kier molecular flexibility index (Phi) is 3.46. The second kappa shape index (κ2) is 5.77. The minimum absolute atomic E-state index is 0.100. The van der Waals surface area contributed by atoms with E-state index in [0.29, 0.717) is 12.2 Å². The zero-order valence-corrected chi connectivity index (χ0v) is 12.5. The van der Waals surface area contributed by atoms with E-state index >= 15 is 0 Å². The van der Waals surface area contributed by atoms with Crippen molar-refractivity contribution in [3.8, 4) is 5.75 Å². The number of nitrogens with zero attached hydrogens (tertiary/aromatic N) is 1. The molecular formula is C19H12FNO3. The molecule has 4 rings (SSSR count). The lowest BCUT2D eigenvalue weighted by Gasteiger charge is -2.15. The molecule has 0 spiro atoms. The van der Waals surface area contributed by atoms with Gasteiger partial charge in [0.1, 0.15) is 18.2 Å². The molecule has 2 aliphatic rings. The zero-order valence-electron chi connectivity index (χ0n) is 12.5. The maximum atomic E-state index is 13.3. The van der Waals surface area contributed by atoms with E-state index in [1.807, 2.05) is 30.3 Å². The standard InChI is InChI=1S/C19H12FNO3/c20-15-6-3-5-14(10-15)18-21-16(19(22)24-18)9-12-8-13-4-1-2-7-17(13)23-11-12/h1-10H,11H2. The molecule has 0 unspecified atom stereocenters. The number of hydrogen-bond acceptors (Lipinski definition) is 4. The van der Waals surface area contributed by atoms with Crippen molar-refractivity contribution in [1.29, 1.82) is 0 Å². The Labute approximate surface area is 137 Å². The fourth-order valence-corrected chi connectivity index (χ4v) is 2.55. The molecule has 0 radical (unpaired) electrons. The topological polar surface area (TPSA) is 47.9 Å². The van der Waals surface area contributed by atoms with E-state index in [0.717, 1.165) is 16.9 Å². The van der Waals surface area contributed by atoms with Crippen molar-refractivity contribution in [1.82, 2.24) is 0 Å². The minimum atomic E-state index is -0.561. The minimum Gasteiger partial charge on any atom is -0.488 e. The third kappa shape index (κ3) is 2.72. The van der Waals surface area contributed by atoms with Gasteiger partial charge in [-0.3, -0.25) is 0 Å². The number of benzene rings is 2. The molecule has 0 saturated carbocycles. The number of ether oxygens (including phenoxy) is 2. The SMILES string of the molecule is O=C1OC(c2cccc(F)c2)=NC1=CC1=Cc2ccccc2OC1. The monoisotopic (exact) mass is 321 g/mol. The zero-order chi connectivity index (χ0) is 16.5. The number of rotatable bonds is 2. The molecule has 24 heavy (non-hydrogen) atoms. The lowest BCUT2D eigenvalue weighted by molar-refractivity contribution is -0.130. The van der Waals surface area contributed by atoms with E-state index < -0.39 is 11.8 Å². The summed E-state index contributed by atoms with van der Waals surface area (Å²) >= 11 is 0. The number of halogens is 1. The second-order valence-electron chi connectivity index (χ2n) is 5.39. The van der Waals surface area contributed by atoms with Gasteiger partial charge < -0.3 is 9.47 Å². The normalized spacial score (nSPS) is 17.7. The molecule has 0 bridgehead atoms. The molecule has 0 amide bonds. The van der Waals surface area contributed by atoms with Gasteiger partial charge in [-0.1, -0.05) is 24.3 Å². The highest BCUT2D eigenvalue weighted by Gasteiger charge is 2.25. The van der Waals surface area contributed by atoms with Crippen molar-refractivity contribution in [3.63, 3.8) is 0 Å². The first kappa shape index (κ1) is 14.4. The van der Waals surface area contributed by atoms with Gasteiger partial charge in [0.15, 0.2) is 5.70 Å². The molecule has 0 fully saturated rings. The molecule has 0 aromatic heterocycles. The predicted molar refractivity (Wildman–Crippen MR) is 87.0 cm³/mol. The van der Waals surface area contributed by atoms with Crippen LogP contribution in [0.3, 0.4) is 0 Å². The highest BCUT2D eigenvalue weighted by atomic mass is 19.1. The van der Waals surface area contributed by atoms with Crippen LogP contribution in [0.25, 0.3) is 6.08 Å². The van der Waals surface area contributed by atoms with E-state index in [9.17, 15) is 9.18 Å². The fraction of sp³-hybridized carbons (Fsp3) is 0.0526. The van der Waals surface area contributed by atoms with Crippen molar-refractivity contribution in [2.45, 2.75) is 0 Å². The third-order valence-electron chi connectivity index (χ3n) is 3.67. The highest BCUT2D eigenvalue weighted by molar-refractivity contribution is 6.11. The molecule has 118 valence electrons. The molecule has 2 aromatic carbocycles. The van der Waals surface area contributed by atoms with E-state index in [1.165, 1.54) is 18.2 Å². The summed E-state index contributed by atoms with van der Waals surface area (Å²) in [5.41, 5.74) is 2.34. The summed E-state index contributed by atoms with van der Waals surface area (Å²) in [6.07, 6.45) is 3.57. The molecular weight excluding hydrogens is 309 g/mol. The molecule has 2 aromatic rings. The predicted octanol–water partition coefficient (Wildman–Crippen LogP) is 3.49. The average molecular weight is 321 g/mol. The number of hydrogen-bond donors (Lipinski definition) is 0. The van der Waals surface area contributed by atoms with Crippen LogP contribution < -0.4 is 4.74 Å². The van der Waals surface area contributed by atoms with E-state index in [2.05, 4.69) is 4.99 Å². The van der Waals surface area contributed by atoms with Crippen LogP contribution >= 0.6 is 0 Å². The Morgan fingerprint density at radius 3 is 2.88 bits per heavy atom. The molecule has 4 nitrogen and oxygen atoms in total. The maximum absolute atomic E-state index is 13.3. The first-order chi connectivity index (χ1) is 11.7. The summed E-state index contributed by atoms with van der Waals surface area (Å²) in [6, 6.07) is 13.4. The van der Waals surface area contributed by atoms with Gasteiger partial charge >= 0.3 is 5.97 Å². The Balaban J connectivity index is 1.66. The number of carbonyl (C=O) groups excluding carboxylic acids is 1. The Bertz CT molecular complexity index is 928. The lowest BCUT2D eigenvalue weighted by Crippen LogP contribution is -2.08. The molecule has 2 aliphatic heterocycles. The lowest BCUT2D eigenvalue weighted by atomic mass is 10.1. The van der Waals surface area contributed by atoms with Gasteiger partial charge in [-0.05, 0) is 42.0 Å². The van der Waals surface area contributed by atoms with Gasteiger partial charge in [-0.2, -0.15) is 0 Å². The fourth-order valence-electron chi connectivity index (χ4n) is 2.55. The van der Waals surface area contributed by atoms with E-state index in [1.54, 1.807) is 12.1 Å². The Hall–Kier alpha value is -3.21. The Morgan fingerprint density at radius 2 is 2.00 bits per heavy atom. The average Bonchev–Trinajstić information content (AvgIpc) is 2.96. The number of carbonyl (C=O) groups is 1. The molecule has 0 saturated heterocycles. The molecule has 5 heteroatoms. The van der Waals surface area contributed by atoms with Crippen LogP contribution in [0.2, 0.25) is 0 Å². The molecule has 0 atom stereocenters. The van der Waals surface area contributed by atoms with Crippen molar-refractivity contribution < 1.29 is 18.7 Å². The van der Waals surface area contributed by atoms with Crippen LogP contribution in [-0.2, 0) is 9.53 Å². The van der Waals surface area contributed by atoms with Crippen LogP contribution in [0.15, 0.2) is 70.9 Å². The largest absolute Gasteiger partial charge is 0.488 e. The van der Waals surface area contributed by atoms with Crippen molar-refractivity contribution in [2.75, 3.05) is 6.61 Å². The van der Waals surface area contributed by atoms with Crippen molar-refractivity contribution >= 4 is 17.9 Å². The number of para-hydroxylation sites is 1. The summed E-state index contributed by atoms with van der Waals surface area (Å²) in [5, 5.41) is 0. The van der Waals surface area contributed by atoms with Crippen molar-refractivity contribution in [2.24, 2.45) is 4.99 Å². The maximum Gasteiger partial charge on any atom is 0.363 e. The molecule has 2 heterocycles. The van der Waals surface area contributed by atoms with E-state index in [4.69, 9.17) is 9.47 Å². The van der Waals surface area contributed by atoms with Crippen LogP contribution in [0.5, 0.6) is 5.75 Å². The van der Waals surface area contributed by atoms with Gasteiger partial charge in [-0.15, -0.1) is 0 Å². The number of cyclic esters (lactones) is 1. The highest BCUT2D eigenvalue weighted by Crippen LogP contribution is 2.27. The number of esters is 1. The summed E-state index contributed by atoms with van der Waals surface area (Å²) in [5.74, 6) is -0.0706. The van der Waals surface area contributed by atoms with Gasteiger partial charge in [0.25, 0.3) is 0 Å². The van der Waals surface area contributed by atoms with Crippen LogP contribution in [0.4, 0.5) is 4.39 Å². The summed E-state index contributed by atoms with van der Waals surface area (Å²) < 4.78 is 24.1. The molecule has 0 N–H and O–H groups in total. The van der Waals surface area contributed by atoms with Gasteiger partial charge in [0, 0.05) is 11.1 Å². The van der Waals surface area contributed by atoms with Gasteiger partial charge in [-0.25, -0.2) is 14.2 Å². The van der Waals surface area contributed by atoms with Gasteiger partial charge in [0.05, 0.1) is 0 Å². The van der Waals surface area contributed by atoms with Crippen LogP contribution in [-0.4, -0.2) is 18.5 Å². The van der Waals surface area contributed by atoms with E-state index in [-0.39, 0.29) is 11.6 Å².